The van der Waals surface area contributed by atoms with Gasteiger partial charge in [0, 0.05) is 82.5 Å². The van der Waals surface area contributed by atoms with Gasteiger partial charge in [0.25, 0.3) is 0 Å². The van der Waals surface area contributed by atoms with Crippen LogP contribution >= 0.6 is 0 Å². The number of cyclic esters (lactones) is 1. The number of aliphatic hydroxyl groups is 10. The van der Waals surface area contributed by atoms with Crippen molar-refractivity contribution in [3.05, 3.63) is 59.8 Å². The highest BCUT2D eigenvalue weighted by Crippen LogP contribution is 2.36. The molecule has 19 atom stereocenters. The number of carbonyl (C=O) groups is 3. The molecular weight excluding hydrogens is 1080 g/mol. The molecule has 20 heteroatoms. The van der Waals surface area contributed by atoms with E-state index in [1.54, 1.807) is 72.0 Å². The number of ether oxygens (including phenoxy) is 4. The van der Waals surface area contributed by atoms with E-state index in [0.29, 0.717) is 11.1 Å². The molecule has 12 N–H and O–H groups in total. The zero-order valence-corrected chi connectivity index (χ0v) is 52.4. The predicted octanol–water partition coefficient (Wildman–Crippen LogP) is 5.92. The van der Waals surface area contributed by atoms with Gasteiger partial charge in [-0.25, -0.2) is 4.79 Å². The molecule has 484 valence electrons. The van der Waals surface area contributed by atoms with Crippen molar-refractivity contribution in [3.8, 4) is 0 Å². The Bertz CT molecular complexity index is 2080. The number of nitrogens with one attached hydrogen (secondary N) is 2. The molecule has 0 aromatic heterocycles. The van der Waals surface area contributed by atoms with Crippen LogP contribution in [0.1, 0.15) is 178 Å². The van der Waals surface area contributed by atoms with Gasteiger partial charge in [-0.3, -0.25) is 14.6 Å². The van der Waals surface area contributed by atoms with Crippen molar-refractivity contribution in [2.45, 2.75) is 257 Å². The molecule has 2 bridgehead atoms. The summed E-state index contributed by atoms with van der Waals surface area (Å²) < 4.78 is 23.4. The molecule has 1 fully saturated rings. The van der Waals surface area contributed by atoms with E-state index < -0.39 is 128 Å². The molecule has 0 aliphatic carbocycles. The number of unbranched alkanes of at least 4 members (excludes halogenated alkanes) is 2. The van der Waals surface area contributed by atoms with Gasteiger partial charge in [-0.15, -0.1) is 0 Å². The number of rotatable bonds is 17. The lowest BCUT2D eigenvalue weighted by Crippen LogP contribution is -2.60. The second-order valence-electron chi connectivity index (χ2n) is 24.1. The van der Waals surface area contributed by atoms with E-state index in [1.165, 1.54) is 0 Å². The average molecular weight is 1190 g/mol. The van der Waals surface area contributed by atoms with Gasteiger partial charge in [0.1, 0.15) is 24.7 Å². The van der Waals surface area contributed by atoms with Gasteiger partial charge in [0.05, 0.1) is 61.5 Å². The maximum absolute atomic E-state index is 13.7. The zero-order chi connectivity index (χ0) is 63.1. The van der Waals surface area contributed by atoms with Crippen LogP contribution in [0.25, 0.3) is 0 Å². The van der Waals surface area contributed by atoms with Crippen molar-refractivity contribution in [1.29, 1.82) is 0 Å². The summed E-state index contributed by atoms with van der Waals surface area (Å²) in [6.45, 7) is 17.3. The topological polar surface area (TPSA) is 327 Å². The van der Waals surface area contributed by atoms with Gasteiger partial charge in [-0.2, -0.15) is 0 Å². The molecule has 84 heavy (non-hydrogen) atoms. The lowest BCUT2D eigenvalue weighted by Gasteiger charge is -2.45. The summed E-state index contributed by atoms with van der Waals surface area (Å²) in [7, 11) is 3.54. The van der Waals surface area contributed by atoms with Crippen molar-refractivity contribution in [3.63, 3.8) is 0 Å². The molecule has 0 spiro atoms. The first kappa shape index (κ1) is 76.0. The van der Waals surface area contributed by atoms with Crippen LogP contribution in [0.15, 0.2) is 64.7 Å². The van der Waals surface area contributed by atoms with Crippen molar-refractivity contribution >= 4 is 23.9 Å². The summed E-state index contributed by atoms with van der Waals surface area (Å²) in [5, 5.41) is 119. The molecule has 0 saturated carbocycles. The highest BCUT2D eigenvalue weighted by atomic mass is 16.7. The predicted molar refractivity (Wildman–Crippen MR) is 324 cm³/mol. The van der Waals surface area contributed by atoms with E-state index in [-0.39, 0.29) is 75.7 Å². The van der Waals surface area contributed by atoms with Crippen LogP contribution in [0.5, 0.6) is 0 Å². The SMILES string of the molecule is CCCC(CC)COC(=O)CC(=O)OC1CC(O)CC(O)CC(O)/C(C)=C/C=C/C(C)C(C(C)CCC/C=C/CCCNC(=NC)NC)OC(=O)/C(C)=C/C=C/C(C)C(O)CC(O)C(C)C(O)CCC(C)C(O)C[C@]2(O)O[C@H](C1)C[C@H](O)[C@H]2O. The Morgan fingerprint density at radius 3 is 2.10 bits per heavy atom. The zero-order valence-electron chi connectivity index (χ0n) is 52.4. The Morgan fingerprint density at radius 2 is 1.44 bits per heavy atom. The summed E-state index contributed by atoms with van der Waals surface area (Å²) in [6.07, 6.45) is 4.53. The number of fused-ring (bicyclic) bond motifs is 2. The van der Waals surface area contributed by atoms with Gasteiger partial charge in [0.15, 0.2) is 11.7 Å². The van der Waals surface area contributed by atoms with Gasteiger partial charge in [0.2, 0.25) is 0 Å². The average Bonchev–Trinajstić information content (AvgIpc) is 1.69. The van der Waals surface area contributed by atoms with Gasteiger partial charge in [-0.05, 0) is 95.0 Å². The van der Waals surface area contributed by atoms with Gasteiger partial charge in [-0.1, -0.05) is 110 Å². The number of hydrogen-bond acceptors (Lipinski definition) is 18. The molecule has 15 unspecified atom stereocenters. The molecule has 0 amide bonds. The number of hydrogen-bond donors (Lipinski definition) is 12. The van der Waals surface area contributed by atoms with E-state index in [9.17, 15) is 65.4 Å². The summed E-state index contributed by atoms with van der Waals surface area (Å²) in [5.41, 5.74) is 0.832. The molecule has 2 aliphatic heterocycles. The second kappa shape index (κ2) is 40.4. The quantitative estimate of drug-likeness (QED) is 0.0153. The Labute approximate surface area is 501 Å². The highest BCUT2D eigenvalue weighted by Gasteiger charge is 2.50. The first-order valence-corrected chi connectivity index (χ1v) is 31.0. The summed E-state index contributed by atoms with van der Waals surface area (Å²) in [4.78, 5) is 44.0. The standard InChI is InChI=1S/C64H111N3O17/c1-12-22-47(13-2)39-81-58(76)37-59(77)82-50-32-48(68)31-49(69)33-53(71)40(3)24-20-26-44(7)60(43(6)23-18-16-14-15-17-19-30-67-63(65-10)66-11)83-62(79)45(8)27-21-25-41(4)54(72)36-55(73)46(9)52(70)29-28-42(5)57(75)38-64(80)61(78)56(74)35-51(34-50)84-64/h14-15,20-21,24-27,41-44,46-57,60-61,68-75,78,80H,12-13,16-19,22-23,28-39H2,1-11H3,(H2,65,66,67)/b15-14+,25-21+,26-20+,40-24+,45-27+/t41?,42?,43?,44?,46?,47?,48?,49?,50?,51-,52?,53?,54?,55?,56+,57?,60?,61-,64+/m1/s1. The fraction of sp³-hybridized carbons (Fsp3) is 0.781. The third-order valence-electron chi connectivity index (χ3n) is 16.7. The second-order valence-corrected chi connectivity index (χ2v) is 24.1. The van der Waals surface area contributed by atoms with E-state index in [0.717, 1.165) is 63.9 Å². The lowest BCUT2D eigenvalue weighted by atomic mass is 9.84. The molecule has 2 heterocycles. The third kappa shape index (κ3) is 28.6. The van der Waals surface area contributed by atoms with Crippen LogP contribution in [0.3, 0.4) is 0 Å². The van der Waals surface area contributed by atoms with E-state index in [4.69, 9.17) is 18.9 Å². The molecule has 0 aromatic carbocycles. The minimum atomic E-state index is -2.51. The van der Waals surface area contributed by atoms with Crippen LogP contribution in [0, 0.1) is 35.5 Å². The van der Waals surface area contributed by atoms with Crippen LogP contribution in [-0.2, 0) is 33.3 Å². The number of allylic oxidation sites excluding steroid dienone is 6. The Balaban J connectivity index is 2.47. The molecule has 0 radical (unpaired) electrons. The van der Waals surface area contributed by atoms with E-state index >= 15 is 0 Å². The largest absolute Gasteiger partial charge is 0.465 e. The molecule has 2 rings (SSSR count). The number of carbonyl (C=O) groups excluding carboxylic acids is 3. The molecule has 0 aromatic rings. The maximum atomic E-state index is 13.7. The molecular formula is C64H111N3O17. The fourth-order valence-corrected chi connectivity index (χ4v) is 10.7. The van der Waals surface area contributed by atoms with Crippen molar-refractivity contribution in [1.82, 2.24) is 10.6 Å². The summed E-state index contributed by atoms with van der Waals surface area (Å²) in [5.74, 6) is -6.05. The van der Waals surface area contributed by atoms with Crippen LogP contribution < -0.4 is 10.6 Å². The van der Waals surface area contributed by atoms with Crippen LogP contribution in [0.4, 0.5) is 0 Å². The fourth-order valence-electron chi connectivity index (χ4n) is 10.7. The molecule has 1 saturated heterocycles. The van der Waals surface area contributed by atoms with Crippen LogP contribution in [0.2, 0.25) is 0 Å². The number of aliphatic imine (C=N–C) groups is 1. The highest BCUT2D eigenvalue weighted by molar-refractivity contribution is 5.91. The monoisotopic (exact) mass is 1190 g/mol. The van der Waals surface area contributed by atoms with Crippen molar-refractivity contribution < 1.29 is 84.4 Å². The van der Waals surface area contributed by atoms with Crippen molar-refractivity contribution in [2.75, 3.05) is 27.2 Å². The number of esters is 3. The Morgan fingerprint density at radius 1 is 0.786 bits per heavy atom. The molecule has 2 aliphatic rings. The first-order valence-electron chi connectivity index (χ1n) is 31.0. The number of guanidine groups is 1. The third-order valence-corrected chi connectivity index (χ3v) is 16.7. The normalized spacial score (nSPS) is 35.8. The first-order chi connectivity index (χ1) is 39.7. The minimum Gasteiger partial charge on any atom is -0.465 e. The summed E-state index contributed by atoms with van der Waals surface area (Å²) >= 11 is 0. The Kier molecular flexibility index (Phi) is 36.6. The van der Waals surface area contributed by atoms with E-state index in [2.05, 4.69) is 27.8 Å². The smallest absolute Gasteiger partial charge is 0.334 e. The number of nitrogens with zero attached hydrogens (tertiary/aromatic N) is 1. The van der Waals surface area contributed by atoms with Crippen molar-refractivity contribution in [2.24, 2.45) is 40.5 Å². The number of aliphatic hydroxyl groups excluding tert-OH is 9. The lowest BCUT2D eigenvalue weighted by molar-refractivity contribution is -0.333. The maximum Gasteiger partial charge on any atom is 0.334 e. The van der Waals surface area contributed by atoms with E-state index in [1.807, 2.05) is 40.8 Å². The summed E-state index contributed by atoms with van der Waals surface area (Å²) in [6, 6.07) is 0. The van der Waals surface area contributed by atoms with Crippen LogP contribution in [-0.4, -0.2) is 181 Å². The minimum absolute atomic E-state index is 0.0547. The van der Waals surface area contributed by atoms with Gasteiger partial charge < -0.3 is 80.6 Å². The van der Waals surface area contributed by atoms with Gasteiger partial charge >= 0.3 is 17.9 Å². The Hall–Kier alpha value is -4.06. The molecule has 20 nitrogen and oxygen atoms in total.